The molecule has 186 valence electrons. The Hall–Kier alpha value is -3.35. The molecule has 1 heterocycles. The molecule has 0 saturated carbocycles. The summed E-state index contributed by atoms with van der Waals surface area (Å²) in [5.41, 5.74) is 4.55. The zero-order chi connectivity index (χ0) is 25.1. The monoisotopic (exact) mass is 478 g/mol. The number of nitrogens with zero attached hydrogens (tertiary/aromatic N) is 1. The van der Waals surface area contributed by atoms with E-state index in [-0.39, 0.29) is 36.8 Å². The fourth-order valence-corrected chi connectivity index (χ4v) is 5.29. The number of nitrogens with one attached hydrogen (secondary N) is 1. The largest absolute Gasteiger partial charge is 0.481 e. The first-order valence-corrected chi connectivity index (χ1v) is 12.4. The van der Waals surface area contributed by atoms with Gasteiger partial charge in [0.2, 0.25) is 5.91 Å². The highest BCUT2D eigenvalue weighted by Gasteiger charge is 2.37. The molecule has 2 N–H and O–H groups in total. The minimum Gasteiger partial charge on any atom is -0.481 e. The molecule has 0 radical (unpaired) electrons. The van der Waals surface area contributed by atoms with E-state index in [9.17, 15) is 19.5 Å². The van der Waals surface area contributed by atoms with Crippen LogP contribution in [-0.4, -0.2) is 53.7 Å². The van der Waals surface area contributed by atoms with E-state index in [1.807, 2.05) is 45.0 Å². The van der Waals surface area contributed by atoms with Gasteiger partial charge in [0.15, 0.2) is 0 Å². The number of alkyl carbamates (subject to hydrolysis) is 1. The molecule has 2 aromatic carbocycles. The average Bonchev–Trinajstić information content (AvgIpc) is 3.15. The first kappa shape index (κ1) is 24.8. The van der Waals surface area contributed by atoms with Crippen LogP contribution in [0, 0.1) is 17.8 Å². The van der Waals surface area contributed by atoms with Gasteiger partial charge in [0, 0.05) is 19.0 Å². The number of carbonyl (C=O) groups is 3. The van der Waals surface area contributed by atoms with Crippen LogP contribution in [0.3, 0.4) is 0 Å². The number of piperidine rings is 1. The Balaban J connectivity index is 1.42. The van der Waals surface area contributed by atoms with Crippen LogP contribution in [0.1, 0.15) is 50.7 Å². The molecule has 35 heavy (non-hydrogen) atoms. The van der Waals surface area contributed by atoms with Crippen molar-refractivity contribution in [2.75, 3.05) is 19.7 Å². The lowest BCUT2D eigenvalue weighted by molar-refractivity contribution is -0.148. The topological polar surface area (TPSA) is 95.9 Å². The highest BCUT2D eigenvalue weighted by Crippen LogP contribution is 2.44. The number of hydrogen-bond donors (Lipinski definition) is 2. The Kier molecular flexibility index (Phi) is 7.43. The van der Waals surface area contributed by atoms with Crippen LogP contribution >= 0.6 is 0 Å². The van der Waals surface area contributed by atoms with Crippen LogP contribution < -0.4 is 5.32 Å². The normalized spacial score (nSPS) is 20.2. The third-order valence-electron chi connectivity index (χ3n) is 7.23. The number of ether oxygens (including phenoxy) is 1. The van der Waals surface area contributed by atoms with E-state index >= 15 is 0 Å². The smallest absolute Gasteiger partial charge is 0.407 e. The van der Waals surface area contributed by atoms with Crippen molar-refractivity contribution in [1.82, 2.24) is 10.2 Å². The lowest BCUT2D eigenvalue weighted by atomic mass is 9.86. The first-order chi connectivity index (χ1) is 16.8. The molecule has 3 unspecified atom stereocenters. The van der Waals surface area contributed by atoms with Gasteiger partial charge in [0.05, 0.1) is 5.92 Å². The van der Waals surface area contributed by atoms with E-state index < -0.39 is 24.0 Å². The molecule has 2 amide bonds. The lowest BCUT2D eigenvalue weighted by Gasteiger charge is -2.37. The molecule has 1 aliphatic carbocycles. The van der Waals surface area contributed by atoms with Gasteiger partial charge in [-0.3, -0.25) is 9.59 Å². The van der Waals surface area contributed by atoms with Crippen molar-refractivity contribution in [3.8, 4) is 11.1 Å². The number of aliphatic carboxylic acids is 1. The highest BCUT2D eigenvalue weighted by atomic mass is 16.5. The van der Waals surface area contributed by atoms with E-state index in [4.69, 9.17) is 4.74 Å². The van der Waals surface area contributed by atoms with Crippen molar-refractivity contribution in [3.63, 3.8) is 0 Å². The maximum Gasteiger partial charge on any atom is 0.407 e. The number of carboxylic acids is 1. The van der Waals surface area contributed by atoms with Crippen molar-refractivity contribution in [1.29, 1.82) is 0 Å². The van der Waals surface area contributed by atoms with Gasteiger partial charge >= 0.3 is 12.1 Å². The van der Waals surface area contributed by atoms with Gasteiger partial charge in [-0.1, -0.05) is 69.3 Å². The zero-order valence-electron chi connectivity index (χ0n) is 20.6. The number of benzene rings is 2. The second-order valence-corrected chi connectivity index (χ2v) is 10.1. The molecule has 7 heteroatoms. The quantitative estimate of drug-likeness (QED) is 0.611. The van der Waals surface area contributed by atoms with Gasteiger partial charge in [-0.2, -0.15) is 0 Å². The van der Waals surface area contributed by atoms with E-state index in [0.717, 1.165) is 22.3 Å². The molecule has 1 aliphatic heterocycles. The fourth-order valence-electron chi connectivity index (χ4n) is 5.29. The molecule has 7 nitrogen and oxygen atoms in total. The zero-order valence-corrected chi connectivity index (χ0v) is 20.6. The summed E-state index contributed by atoms with van der Waals surface area (Å²) in [6.07, 6.45) is 0.445. The van der Waals surface area contributed by atoms with Crippen LogP contribution in [0.15, 0.2) is 48.5 Å². The van der Waals surface area contributed by atoms with E-state index in [1.54, 1.807) is 4.90 Å². The summed E-state index contributed by atoms with van der Waals surface area (Å²) in [6.45, 7) is 6.70. The summed E-state index contributed by atoms with van der Waals surface area (Å²) < 4.78 is 5.65. The van der Waals surface area contributed by atoms with Crippen LogP contribution in [0.5, 0.6) is 0 Å². The standard InChI is InChI=1S/C28H34N2O5/c1-17(2)14-25(26(31)30-13-12-18(3)23(15-30)27(32)33)29-28(34)35-16-24-21-10-6-4-8-19(21)20-9-5-7-11-22(20)24/h4-11,17-18,23-25H,12-16H2,1-3H3,(H,29,34)(H,32,33). The van der Waals surface area contributed by atoms with Crippen molar-refractivity contribution in [2.45, 2.75) is 45.6 Å². The van der Waals surface area contributed by atoms with Gasteiger partial charge in [-0.15, -0.1) is 0 Å². The summed E-state index contributed by atoms with van der Waals surface area (Å²) in [4.78, 5) is 39.3. The van der Waals surface area contributed by atoms with Gasteiger partial charge in [0.1, 0.15) is 12.6 Å². The average molecular weight is 479 g/mol. The van der Waals surface area contributed by atoms with Crippen molar-refractivity contribution < 1.29 is 24.2 Å². The minimum atomic E-state index is -0.889. The Morgan fingerprint density at radius 1 is 1.06 bits per heavy atom. The van der Waals surface area contributed by atoms with E-state index in [2.05, 4.69) is 29.6 Å². The number of amides is 2. The molecule has 3 atom stereocenters. The van der Waals surface area contributed by atoms with Gasteiger partial charge in [-0.25, -0.2) is 4.79 Å². The minimum absolute atomic E-state index is 0.00944. The Morgan fingerprint density at radius 2 is 1.66 bits per heavy atom. The van der Waals surface area contributed by atoms with Crippen LogP contribution in [0.4, 0.5) is 4.79 Å². The van der Waals surface area contributed by atoms with Gasteiger partial charge in [0.25, 0.3) is 0 Å². The maximum absolute atomic E-state index is 13.3. The van der Waals surface area contributed by atoms with Crippen molar-refractivity contribution in [3.05, 3.63) is 59.7 Å². The molecular formula is C28H34N2O5. The van der Waals surface area contributed by atoms with E-state index in [1.165, 1.54) is 0 Å². The number of fused-ring (bicyclic) bond motifs is 3. The summed E-state index contributed by atoms with van der Waals surface area (Å²) in [7, 11) is 0. The SMILES string of the molecule is CC(C)CC(NC(=O)OCC1c2ccccc2-c2ccccc21)C(=O)N1CCC(C)C(C(=O)O)C1. The number of rotatable bonds is 7. The van der Waals surface area contributed by atoms with Crippen LogP contribution in [0.2, 0.25) is 0 Å². The Labute approximate surface area is 206 Å². The predicted molar refractivity (Wildman–Crippen MR) is 133 cm³/mol. The number of carbonyl (C=O) groups excluding carboxylic acids is 2. The van der Waals surface area contributed by atoms with Gasteiger partial charge < -0.3 is 20.1 Å². The molecular weight excluding hydrogens is 444 g/mol. The Bertz CT molecular complexity index is 1050. The first-order valence-electron chi connectivity index (χ1n) is 12.4. The highest BCUT2D eigenvalue weighted by molar-refractivity contribution is 5.86. The summed E-state index contributed by atoms with van der Waals surface area (Å²) >= 11 is 0. The van der Waals surface area contributed by atoms with Crippen molar-refractivity contribution >= 4 is 18.0 Å². The van der Waals surface area contributed by atoms with Gasteiger partial charge in [-0.05, 0) is 46.9 Å². The molecule has 0 aromatic heterocycles. The Morgan fingerprint density at radius 3 is 2.23 bits per heavy atom. The van der Waals surface area contributed by atoms with Crippen molar-refractivity contribution in [2.24, 2.45) is 17.8 Å². The molecule has 1 saturated heterocycles. The molecule has 2 aromatic rings. The third-order valence-corrected chi connectivity index (χ3v) is 7.23. The molecule has 4 rings (SSSR count). The fraction of sp³-hybridized carbons (Fsp3) is 0.464. The summed E-state index contributed by atoms with van der Waals surface area (Å²) in [5.74, 6) is -1.62. The summed E-state index contributed by atoms with van der Waals surface area (Å²) in [6, 6.07) is 15.5. The third kappa shape index (κ3) is 5.34. The molecule has 0 spiro atoms. The maximum atomic E-state index is 13.3. The number of likely N-dealkylation sites (tertiary alicyclic amines) is 1. The molecule has 0 bridgehead atoms. The number of hydrogen-bond acceptors (Lipinski definition) is 4. The predicted octanol–water partition coefficient (Wildman–Crippen LogP) is 4.51. The van der Waals surface area contributed by atoms with Crippen LogP contribution in [-0.2, 0) is 14.3 Å². The molecule has 2 aliphatic rings. The lowest BCUT2D eigenvalue weighted by Crippen LogP contribution is -2.54. The number of carboxylic acid groups (broad SMARTS) is 1. The second-order valence-electron chi connectivity index (χ2n) is 10.1. The van der Waals surface area contributed by atoms with E-state index in [0.29, 0.717) is 19.4 Å². The summed E-state index contributed by atoms with van der Waals surface area (Å²) in [5, 5.41) is 12.3. The second kappa shape index (κ2) is 10.5. The van der Waals surface area contributed by atoms with Crippen LogP contribution in [0.25, 0.3) is 11.1 Å². The molecule has 1 fully saturated rings.